The number of amides is 1. The number of anilines is 1. The van der Waals surface area contributed by atoms with Gasteiger partial charge in [-0.25, -0.2) is 9.78 Å². The van der Waals surface area contributed by atoms with Gasteiger partial charge in [-0.3, -0.25) is 14.2 Å². The molecule has 8 heteroatoms. The lowest BCUT2D eigenvalue weighted by molar-refractivity contribution is -0.116. The third-order valence-corrected chi connectivity index (χ3v) is 5.21. The van der Waals surface area contributed by atoms with Gasteiger partial charge in [0.05, 0.1) is 6.20 Å². The average Bonchev–Trinajstić information content (AvgIpc) is 3.22. The Bertz CT molecular complexity index is 1090. The number of nitrogens with zero attached hydrogens (tertiary/aromatic N) is 2. The number of carbonyl (C=O) groups is 3. The molecular weight excluding hydrogens is 426 g/mol. The molecule has 166 valence electrons. The van der Waals surface area contributed by atoms with Gasteiger partial charge in [-0.2, -0.15) is 0 Å². The van der Waals surface area contributed by atoms with Crippen LogP contribution < -0.4 is 5.32 Å². The van der Waals surface area contributed by atoms with E-state index in [-0.39, 0.29) is 23.3 Å². The molecule has 0 atom stereocenters. The lowest BCUT2D eigenvalue weighted by Crippen LogP contribution is -2.17. The average molecular weight is 452 g/mol. The number of para-hydroxylation sites is 1. The molecule has 0 radical (unpaired) electrons. The number of thioether (sulfide) groups is 1. The number of carbonyl (C=O) groups excluding carboxylic acids is 3. The van der Waals surface area contributed by atoms with Gasteiger partial charge in [0.15, 0.2) is 23.2 Å². The minimum Gasteiger partial charge on any atom is -0.453 e. The molecule has 0 aliphatic rings. The van der Waals surface area contributed by atoms with Crippen LogP contribution in [-0.4, -0.2) is 40.1 Å². The van der Waals surface area contributed by atoms with Crippen molar-refractivity contribution in [1.82, 2.24) is 9.55 Å². The van der Waals surface area contributed by atoms with E-state index in [1.54, 1.807) is 28.8 Å². The van der Waals surface area contributed by atoms with Crippen LogP contribution in [0.25, 0.3) is 5.69 Å². The van der Waals surface area contributed by atoms with Gasteiger partial charge in [0.25, 0.3) is 0 Å². The fraction of sp³-hybridized carbons (Fsp3) is 0.250. The monoisotopic (exact) mass is 451 g/mol. The number of nitrogens with one attached hydrogen (secondary N) is 1. The molecule has 0 fully saturated rings. The van der Waals surface area contributed by atoms with Crippen molar-refractivity contribution < 1.29 is 19.1 Å². The molecule has 0 aliphatic heterocycles. The summed E-state index contributed by atoms with van der Waals surface area (Å²) in [5.41, 5.74) is 2.03. The topological polar surface area (TPSA) is 90.3 Å². The predicted molar refractivity (Wildman–Crippen MR) is 124 cm³/mol. The Morgan fingerprint density at radius 3 is 2.38 bits per heavy atom. The second-order valence-electron chi connectivity index (χ2n) is 7.52. The maximum absolute atomic E-state index is 12.7. The highest BCUT2D eigenvalue weighted by molar-refractivity contribution is 7.98. The minimum atomic E-state index is -0.632. The van der Waals surface area contributed by atoms with E-state index in [1.165, 1.54) is 18.0 Å². The molecule has 7 nitrogen and oxygen atoms in total. The van der Waals surface area contributed by atoms with E-state index in [9.17, 15) is 14.4 Å². The van der Waals surface area contributed by atoms with Gasteiger partial charge in [0, 0.05) is 23.4 Å². The SMILES string of the molecule is CSc1ncc(C(=O)OCC(=O)c2ccc(NC(=O)CC(C)C)cc2)n1-c1ccccc1. The minimum absolute atomic E-state index is 0.0763. The zero-order valence-corrected chi connectivity index (χ0v) is 19.0. The first-order chi connectivity index (χ1) is 15.4. The summed E-state index contributed by atoms with van der Waals surface area (Å²) in [6, 6.07) is 15.9. The quantitative estimate of drug-likeness (QED) is 0.290. The molecule has 3 rings (SSSR count). The van der Waals surface area contributed by atoms with Crippen molar-refractivity contribution in [3.8, 4) is 5.69 Å². The van der Waals surface area contributed by atoms with Gasteiger partial charge in [0.1, 0.15) is 0 Å². The first kappa shape index (κ1) is 23.3. The van der Waals surface area contributed by atoms with E-state index in [0.29, 0.717) is 22.8 Å². The summed E-state index contributed by atoms with van der Waals surface area (Å²) >= 11 is 1.41. The molecule has 0 unspecified atom stereocenters. The van der Waals surface area contributed by atoms with Crippen LogP contribution in [0.3, 0.4) is 0 Å². The van der Waals surface area contributed by atoms with Gasteiger partial charge >= 0.3 is 5.97 Å². The van der Waals surface area contributed by atoms with Crippen LogP contribution in [0.15, 0.2) is 66.0 Å². The Kier molecular flexibility index (Phi) is 7.83. The number of ether oxygens (including phenoxy) is 1. The smallest absolute Gasteiger partial charge is 0.357 e. The molecule has 1 aromatic heterocycles. The molecule has 0 saturated carbocycles. The number of ketones is 1. The van der Waals surface area contributed by atoms with Crippen LogP contribution in [0.4, 0.5) is 5.69 Å². The zero-order valence-electron chi connectivity index (χ0n) is 18.2. The Morgan fingerprint density at radius 2 is 1.75 bits per heavy atom. The molecule has 2 aromatic carbocycles. The number of Topliss-reactive ketones (excluding diaryl/α,β-unsaturated/α-hetero) is 1. The number of hydrogen-bond acceptors (Lipinski definition) is 6. The van der Waals surface area contributed by atoms with Crippen molar-refractivity contribution in [2.24, 2.45) is 5.92 Å². The molecule has 1 amide bonds. The number of rotatable bonds is 9. The van der Waals surface area contributed by atoms with Crippen LogP contribution in [0.2, 0.25) is 0 Å². The largest absolute Gasteiger partial charge is 0.453 e. The van der Waals surface area contributed by atoms with Crippen molar-refractivity contribution in [2.75, 3.05) is 18.2 Å². The van der Waals surface area contributed by atoms with Gasteiger partial charge in [-0.15, -0.1) is 0 Å². The van der Waals surface area contributed by atoms with Crippen molar-refractivity contribution in [2.45, 2.75) is 25.4 Å². The summed E-state index contributed by atoms with van der Waals surface area (Å²) in [5.74, 6) is -0.787. The number of esters is 1. The summed E-state index contributed by atoms with van der Waals surface area (Å²) in [5, 5.41) is 3.44. The maximum atomic E-state index is 12.7. The summed E-state index contributed by atoms with van der Waals surface area (Å²) in [7, 11) is 0. The Morgan fingerprint density at radius 1 is 1.06 bits per heavy atom. The number of imidazole rings is 1. The molecule has 0 spiro atoms. The van der Waals surface area contributed by atoms with Crippen molar-refractivity contribution in [1.29, 1.82) is 0 Å². The molecule has 0 bridgehead atoms. The highest BCUT2D eigenvalue weighted by Crippen LogP contribution is 2.22. The van der Waals surface area contributed by atoms with E-state index in [2.05, 4.69) is 10.3 Å². The first-order valence-corrected chi connectivity index (χ1v) is 11.4. The molecule has 3 aromatic rings. The summed E-state index contributed by atoms with van der Waals surface area (Å²) in [6.07, 6.45) is 3.74. The standard InChI is InChI=1S/C24H25N3O4S/c1-16(2)13-22(29)26-18-11-9-17(10-12-18)21(28)15-31-23(30)20-14-25-24(32-3)27(20)19-7-5-4-6-8-19/h4-12,14,16H,13,15H2,1-3H3,(H,26,29). The highest BCUT2D eigenvalue weighted by atomic mass is 32.2. The Balaban J connectivity index is 1.64. The Hall–Kier alpha value is -3.39. The van der Waals surface area contributed by atoms with E-state index >= 15 is 0 Å². The summed E-state index contributed by atoms with van der Waals surface area (Å²) in [6.45, 7) is 3.54. The zero-order chi connectivity index (χ0) is 23.1. The third-order valence-electron chi connectivity index (χ3n) is 4.55. The van der Waals surface area contributed by atoms with E-state index in [0.717, 1.165) is 5.69 Å². The normalized spacial score (nSPS) is 10.8. The van der Waals surface area contributed by atoms with Crippen molar-refractivity contribution in [3.05, 3.63) is 72.1 Å². The predicted octanol–water partition coefficient (Wildman–Crippen LogP) is 4.62. The van der Waals surface area contributed by atoms with Crippen LogP contribution in [0, 0.1) is 5.92 Å². The summed E-state index contributed by atoms with van der Waals surface area (Å²) in [4.78, 5) is 41.3. The fourth-order valence-electron chi connectivity index (χ4n) is 3.06. The van der Waals surface area contributed by atoms with E-state index in [4.69, 9.17) is 4.74 Å². The maximum Gasteiger partial charge on any atom is 0.357 e. The number of benzene rings is 2. The Labute approximate surface area is 191 Å². The molecule has 0 saturated heterocycles. The molecule has 0 aliphatic carbocycles. The molecular formula is C24H25N3O4S. The van der Waals surface area contributed by atoms with Crippen LogP contribution in [-0.2, 0) is 9.53 Å². The van der Waals surface area contributed by atoms with Crippen molar-refractivity contribution >= 4 is 35.1 Å². The van der Waals surface area contributed by atoms with Gasteiger partial charge < -0.3 is 10.1 Å². The fourth-order valence-corrected chi connectivity index (χ4v) is 3.60. The number of aromatic nitrogens is 2. The first-order valence-electron chi connectivity index (χ1n) is 10.2. The number of hydrogen-bond donors (Lipinski definition) is 1. The lowest BCUT2D eigenvalue weighted by Gasteiger charge is -2.11. The van der Waals surface area contributed by atoms with Crippen LogP contribution >= 0.6 is 11.8 Å². The highest BCUT2D eigenvalue weighted by Gasteiger charge is 2.20. The molecule has 32 heavy (non-hydrogen) atoms. The van der Waals surface area contributed by atoms with Crippen molar-refractivity contribution in [3.63, 3.8) is 0 Å². The third kappa shape index (κ3) is 5.85. The van der Waals surface area contributed by atoms with E-state index < -0.39 is 12.6 Å². The van der Waals surface area contributed by atoms with E-state index in [1.807, 2.05) is 50.4 Å². The lowest BCUT2D eigenvalue weighted by atomic mass is 10.1. The van der Waals surface area contributed by atoms with Crippen LogP contribution in [0.5, 0.6) is 0 Å². The second-order valence-corrected chi connectivity index (χ2v) is 8.30. The second kappa shape index (κ2) is 10.8. The van der Waals surface area contributed by atoms with Gasteiger partial charge in [-0.05, 0) is 48.6 Å². The molecule has 1 heterocycles. The molecule has 1 N–H and O–H groups in total. The van der Waals surface area contributed by atoms with Gasteiger partial charge in [-0.1, -0.05) is 43.8 Å². The van der Waals surface area contributed by atoms with Gasteiger partial charge in [0.2, 0.25) is 5.91 Å². The van der Waals surface area contributed by atoms with Crippen LogP contribution in [0.1, 0.15) is 41.1 Å². The summed E-state index contributed by atoms with van der Waals surface area (Å²) < 4.78 is 6.98.